The molecule has 1 amide bonds. The number of primary amides is 1. The first-order valence-corrected chi connectivity index (χ1v) is 6.60. The van der Waals surface area contributed by atoms with Gasteiger partial charge in [-0.3, -0.25) is 4.79 Å². The molecule has 100 valence electrons. The summed E-state index contributed by atoms with van der Waals surface area (Å²) in [7, 11) is 4.07. The minimum atomic E-state index is -0.492. The maximum Gasteiger partial charge on any atom is 0.238 e. The summed E-state index contributed by atoms with van der Waals surface area (Å²) in [6.07, 6.45) is 3.16. The van der Waals surface area contributed by atoms with Crippen LogP contribution in [0.25, 0.3) is 0 Å². The molecule has 0 saturated heterocycles. The second-order valence-electron chi connectivity index (χ2n) is 5.72. The minimum Gasteiger partial charge on any atom is -0.368 e. The standard InChI is InChI=1S/C13H27N3O/c1-10-6-5-7-13(11(10)2,12(14)17)15-8-9-16(3)4/h10-11,15H,5-9H2,1-4H3,(H2,14,17). The molecule has 0 aromatic rings. The van der Waals surface area contributed by atoms with Gasteiger partial charge in [-0.2, -0.15) is 0 Å². The SMILES string of the molecule is CC1CCCC(NCCN(C)C)(C(N)=O)C1C. The van der Waals surface area contributed by atoms with Crippen molar-refractivity contribution >= 4 is 5.91 Å². The molecule has 4 nitrogen and oxygen atoms in total. The molecule has 1 fully saturated rings. The summed E-state index contributed by atoms with van der Waals surface area (Å²) >= 11 is 0. The lowest BCUT2D eigenvalue weighted by Gasteiger charge is -2.44. The molecular formula is C13H27N3O. The fourth-order valence-corrected chi connectivity index (χ4v) is 2.85. The number of likely N-dealkylation sites (N-methyl/N-ethyl adjacent to an activating group) is 1. The van der Waals surface area contributed by atoms with Gasteiger partial charge in [-0.15, -0.1) is 0 Å². The van der Waals surface area contributed by atoms with Gasteiger partial charge in [0.25, 0.3) is 0 Å². The number of nitrogens with one attached hydrogen (secondary N) is 1. The highest BCUT2D eigenvalue weighted by atomic mass is 16.1. The average molecular weight is 241 g/mol. The Balaban J connectivity index is 2.71. The fourth-order valence-electron chi connectivity index (χ4n) is 2.85. The lowest BCUT2D eigenvalue weighted by molar-refractivity contribution is -0.129. The first-order chi connectivity index (χ1) is 7.90. The average Bonchev–Trinajstić information content (AvgIpc) is 2.23. The molecule has 0 aromatic carbocycles. The Morgan fingerprint density at radius 2 is 2.12 bits per heavy atom. The number of nitrogens with zero attached hydrogens (tertiary/aromatic N) is 1. The van der Waals surface area contributed by atoms with Crippen molar-refractivity contribution in [2.75, 3.05) is 27.2 Å². The van der Waals surface area contributed by atoms with Crippen LogP contribution in [-0.2, 0) is 4.79 Å². The van der Waals surface area contributed by atoms with Gasteiger partial charge in [0.05, 0.1) is 0 Å². The van der Waals surface area contributed by atoms with E-state index in [1.54, 1.807) is 0 Å². The van der Waals surface area contributed by atoms with E-state index in [9.17, 15) is 4.79 Å². The summed E-state index contributed by atoms with van der Waals surface area (Å²) in [6, 6.07) is 0. The highest BCUT2D eigenvalue weighted by Gasteiger charge is 2.45. The third-order valence-electron chi connectivity index (χ3n) is 4.30. The Hall–Kier alpha value is -0.610. The van der Waals surface area contributed by atoms with E-state index in [4.69, 9.17) is 5.73 Å². The van der Waals surface area contributed by atoms with Gasteiger partial charge in [0, 0.05) is 13.1 Å². The second-order valence-corrected chi connectivity index (χ2v) is 5.72. The van der Waals surface area contributed by atoms with Gasteiger partial charge in [-0.1, -0.05) is 26.7 Å². The molecule has 1 aliphatic rings. The molecule has 3 atom stereocenters. The normalized spacial score (nSPS) is 33.9. The summed E-state index contributed by atoms with van der Waals surface area (Å²) in [6.45, 7) is 6.11. The number of hydrogen-bond donors (Lipinski definition) is 2. The first-order valence-electron chi connectivity index (χ1n) is 6.60. The number of amides is 1. The number of rotatable bonds is 5. The van der Waals surface area contributed by atoms with Crippen molar-refractivity contribution in [1.82, 2.24) is 10.2 Å². The molecule has 0 radical (unpaired) electrons. The van der Waals surface area contributed by atoms with E-state index in [2.05, 4.69) is 24.1 Å². The van der Waals surface area contributed by atoms with E-state index in [-0.39, 0.29) is 5.91 Å². The third-order valence-corrected chi connectivity index (χ3v) is 4.30. The molecule has 1 saturated carbocycles. The summed E-state index contributed by atoms with van der Waals surface area (Å²) < 4.78 is 0. The molecule has 4 heteroatoms. The largest absolute Gasteiger partial charge is 0.368 e. The summed E-state index contributed by atoms with van der Waals surface area (Å²) in [4.78, 5) is 14.0. The van der Waals surface area contributed by atoms with E-state index >= 15 is 0 Å². The van der Waals surface area contributed by atoms with Crippen LogP contribution in [0.1, 0.15) is 33.1 Å². The predicted octanol–water partition coefficient (Wildman–Crippen LogP) is 0.818. The Kier molecular flexibility index (Phi) is 4.95. The monoisotopic (exact) mass is 241 g/mol. The molecule has 0 spiro atoms. The van der Waals surface area contributed by atoms with Gasteiger partial charge >= 0.3 is 0 Å². The Labute approximate surface area is 105 Å². The number of carbonyl (C=O) groups is 1. The molecule has 0 bridgehead atoms. The minimum absolute atomic E-state index is 0.185. The first kappa shape index (κ1) is 14.5. The zero-order valence-electron chi connectivity index (χ0n) is 11.6. The van der Waals surface area contributed by atoms with Gasteiger partial charge in [-0.25, -0.2) is 0 Å². The van der Waals surface area contributed by atoms with Gasteiger partial charge in [0.1, 0.15) is 5.54 Å². The highest BCUT2D eigenvalue weighted by Crippen LogP contribution is 2.37. The Morgan fingerprint density at radius 3 is 2.65 bits per heavy atom. The van der Waals surface area contributed by atoms with Crippen LogP contribution in [0.4, 0.5) is 0 Å². The van der Waals surface area contributed by atoms with Crippen LogP contribution in [0.3, 0.4) is 0 Å². The van der Waals surface area contributed by atoms with Crippen molar-refractivity contribution < 1.29 is 4.79 Å². The van der Waals surface area contributed by atoms with Crippen LogP contribution in [0, 0.1) is 11.8 Å². The van der Waals surface area contributed by atoms with Crippen molar-refractivity contribution in [3.63, 3.8) is 0 Å². The van der Waals surface area contributed by atoms with Crippen LogP contribution in [0.5, 0.6) is 0 Å². The maximum absolute atomic E-state index is 11.9. The number of nitrogens with two attached hydrogens (primary N) is 1. The van der Waals surface area contributed by atoms with E-state index in [1.165, 1.54) is 6.42 Å². The van der Waals surface area contributed by atoms with Gasteiger partial charge in [-0.05, 0) is 32.4 Å². The summed E-state index contributed by atoms with van der Waals surface area (Å²) in [5.74, 6) is 0.689. The van der Waals surface area contributed by atoms with Crippen molar-refractivity contribution in [2.24, 2.45) is 17.6 Å². The Bertz CT molecular complexity index is 267. The topological polar surface area (TPSA) is 58.4 Å². The van der Waals surface area contributed by atoms with Gasteiger partial charge < -0.3 is 16.0 Å². The summed E-state index contributed by atoms with van der Waals surface area (Å²) in [5.41, 5.74) is 5.16. The van der Waals surface area contributed by atoms with Crippen LogP contribution in [0.15, 0.2) is 0 Å². The molecule has 0 aromatic heterocycles. The molecule has 3 unspecified atom stereocenters. The van der Waals surface area contributed by atoms with E-state index < -0.39 is 5.54 Å². The maximum atomic E-state index is 11.9. The Morgan fingerprint density at radius 1 is 1.47 bits per heavy atom. The second kappa shape index (κ2) is 5.83. The number of hydrogen-bond acceptors (Lipinski definition) is 3. The molecule has 0 aliphatic heterocycles. The number of carbonyl (C=O) groups excluding carboxylic acids is 1. The van der Waals surface area contributed by atoms with E-state index in [0.717, 1.165) is 25.9 Å². The molecule has 0 heterocycles. The molecule has 3 N–H and O–H groups in total. The van der Waals surface area contributed by atoms with E-state index in [1.807, 2.05) is 14.1 Å². The molecular weight excluding hydrogens is 214 g/mol. The molecule has 17 heavy (non-hydrogen) atoms. The van der Waals surface area contributed by atoms with Gasteiger partial charge in [0.15, 0.2) is 0 Å². The third kappa shape index (κ3) is 3.19. The smallest absolute Gasteiger partial charge is 0.238 e. The highest BCUT2D eigenvalue weighted by molar-refractivity contribution is 5.85. The zero-order valence-corrected chi connectivity index (χ0v) is 11.6. The fraction of sp³-hybridized carbons (Fsp3) is 0.923. The van der Waals surface area contributed by atoms with Crippen LogP contribution in [0.2, 0.25) is 0 Å². The predicted molar refractivity (Wildman–Crippen MR) is 70.7 cm³/mol. The van der Waals surface area contributed by atoms with Crippen molar-refractivity contribution in [1.29, 1.82) is 0 Å². The van der Waals surface area contributed by atoms with Gasteiger partial charge in [0.2, 0.25) is 5.91 Å². The lowest BCUT2D eigenvalue weighted by Crippen LogP contribution is -2.63. The zero-order chi connectivity index (χ0) is 13.1. The van der Waals surface area contributed by atoms with Crippen LogP contribution >= 0.6 is 0 Å². The molecule has 1 aliphatic carbocycles. The van der Waals surface area contributed by atoms with Crippen LogP contribution in [-0.4, -0.2) is 43.5 Å². The van der Waals surface area contributed by atoms with Crippen molar-refractivity contribution in [2.45, 2.75) is 38.6 Å². The summed E-state index contributed by atoms with van der Waals surface area (Å²) in [5, 5.41) is 3.43. The lowest BCUT2D eigenvalue weighted by atomic mass is 9.68. The van der Waals surface area contributed by atoms with Crippen molar-refractivity contribution in [3.8, 4) is 0 Å². The quantitative estimate of drug-likeness (QED) is 0.749. The van der Waals surface area contributed by atoms with E-state index in [0.29, 0.717) is 11.8 Å². The van der Waals surface area contributed by atoms with Crippen molar-refractivity contribution in [3.05, 3.63) is 0 Å². The van der Waals surface area contributed by atoms with Crippen LogP contribution < -0.4 is 11.1 Å². The molecule has 1 rings (SSSR count).